The summed E-state index contributed by atoms with van der Waals surface area (Å²) in [5, 5.41) is 0.595. The number of thioether (sulfide) groups is 1. The number of benzene rings is 1. The van der Waals surface area contributed by atoms with Crippen molar-refractivity contribution in [2.45, 2.75) is 17.9 Å². The Balaban J connectivity index is 1.88. The fourth-order valence-corrected chi connectivity index (χ4v) is 4.59. The molecule has 162 valence electrons. The zero-order valence-corrected chi connectivity index (χ0v) is 18.4. The average molecular weight is 442 g/mol. The molecule has 10 heteroatoms. The van der Waals surface area contributed by atoms with Crippen molar-refractivity contribution in [3.05, 3.63) is 45.1 Å². The maximum atomic E-state index is 12.9. The molecule has 0 unspecified atom stereocenters. The van der Waals surface area contributed by atoms with Gasteiger partial charge in [0.25, 0.3) is 5.56 Å². The zero-order valence-electron chi connectivity index (χ0n) is 17.6. The van der Waals surface area contributed by atoms with Gasteiger partial charge in [0.05, 0.1) is 18.4 Å². The molecule has 9 nitrogen and oxygen atoms in total. The van der Waals surface area contributed by atoms with Gasteiger partial charge in [-0.1, -0.05) is 23.9 Å². The number of likely N-dealkylation sites (tertiary alicyclic amines) is 1. The number of carbonyl (C=O) groups is 1. The van der Waals surface area contributed by atoms with E-state index in [1.165, 1.54) is 23.4 Å². The summed E-state index contributed by atoms with van der Waals surface area (Å²) in [6.45, 7) is 1.51. The predicted octanol–water partition coefficient (Wildman–Crippen LogP) is 1.42. The molecule has 0 aliphatic carbocycles. The number of ether oxygens (including phenoxy) is 1. The lowest BCUT2D eigenvalue weighted by Crippen LogP contribution is -2.37. The Kier molecular flexibility index (Phi) is 5.81. The highest BCUT2D eigenvalue weighted by Gasteiger charge is 2.22. The van der Waals surface area contributed by atoms with Crippen LogP contribution in [-0.2, 0) is 18.9 Å². The third-order valence-corrected chi connectivity index (χ3v) is 6.37. The van der Waals surface area contributed by atoms with Crippen LogP contribution in [0.2, 0.25) is 0 Å². The van der Waals surface area contributed by atoms with Gasteiger partial charge in [-0.25, -0.2) is 14.8 Å². The van der Waals surface area contributed by atoms with Crippen LogP contribution in [0, 0.1) is 0 Å². The molecular weight excluding hydrogens is 418 g/mol. The Morgan fingerprint density at radius 1 is 1.10 bits per heavy atom. The smallest absolute Gasteiger partial charge is 0.332 e. The molecule has 4 rings (SSSR count). The van der Waals surface area contributed by atoms with Gasteiger partial charge in [0.15, 0.2) is 11.5 Å². The molecular formula is C21H23N5O4S. The Morgan fingerprint density at radius 3 is 2.52 bits per heavy atom. The number of para-hydroxylation sites is 1. The van der Waals surface area contributed by atoms with E-state index in [9.17, 15) is 14.4 Å². The fourth-order valence-electron chi connectivity index (χ4n) is 3.67. The van der Waals surface area contributed by atoms with Gasteiger partial charge in [-0.15, -0.1) is 0 Å². The molecule has 3 heterocycles. The number of hydrogen-bond acceptors (Lipinski definition) is 7. The van der Waals surface area contributed by atoms with E-state index in [0.717, 1.165) is 30.5 Å². The number of rotatable bonds is 5. The van der Waals surface area contributed by atoms with Crippen LogP contribution in [0.25, 0.3) is 22.4 Å². The van der Waals surface area contributed by atoms with Gasteiger partial charge in [-0.05, 0) is 25.0 Å². The van der Waals surface area contributed by atoms with E-state index in [0.29, 0.717) is 22.2 Å². The van der Waals surface area contributed by atoms with E-state index in [4.69, 9.17) is 4.74 Å². The molecule has 0 saturated carbocycles. The molecule has 31 heavy (non-hydrogen) atoms. The standard InChI is InChI=1S/C21H23N5O4S/c1-24-18-16(20(28)25(2)21(24)29)19(31-12-15(27)26-10-6-7-11-26)23-17(22-18)13-8-4-5-9-14(13)30-3/h4-5,8-9H,6-7,10-12H2,1-3H3. The minimum atomic E-state index is -0.485. The number of aromatic nitrogens is 4. The summed E-state index contributed by atoms with van der Waals surface area (Å²) in [5.74, 6) is 1.06. The van der Waals surface area contributed by atoms with Crippen LogP contribution in [0.1, 0.15) is 12.8 Å². The topological polar surface area (TPSA) is 99.3 Å². The van der Waals surface area contributed by atoms with Crippen LogP contribution in [0.4, 0.5) is 0 Å². The third kappa shape index (κ3) is 3.83. The van der Waals surface area contributed by atoms with Crippen molar-refractivity contribution < 1.29 is 9.53 Å². The minimum Gasteiger partial charge on any atom is -0.496 e. The molecule has 0 spiro atoms. The first kappa shape index (κ1) is 21.1. The second kappa shape index (κ2) is 8.54. The van der Waals surface area contributed by atoms with E-state index in [1.807, 2.05) is 23.1 Å². The summed E-state index contributed by atoms with van der Waals surface area (Å²) in [6.07, 6.45) is 2.01. The van der Waals surface area contributed by atoms with Crippen molar-refractivity contribution in [2.24, 2.45) is 14.1 Å². The molecule has 1 aromatic carbocycles. The molecule has 1 fully saturated rings. The van der Waals surface area contributed by atoms with Gasteiger partial charge in [0, 0.05) is 27.2 Å². The van der Waals surface area contributed by atoms with E-state index in [-0.39, 0.29) is 22.7 Å². The summed E-state index contributed by atoms with van der Waals surface area (Å²) >= 11 is 1.19. The minimum absolute atomic E-state index is 0.00903. The summed E-state index contributed by atoms with van der Waals surface area (Å²) in [6, 6.07) is 7.26. The van der Waals surface area contributed by atoms with Gasteiger partial charge in [-0.3, -0.25) is 18.7 Å². The van der Waals surface area contributed by atoms with Crippen molar-refractivity contribution in [3.8, 4) is 17.1 Å². The van der Waals surface area contributed by atoms with Crippen LogP contribution in [0.3, 0.4) is 0 Å². The second-order valence-electron chi connectivity index (χ2n) is 7.33. The van der Waals surface area contributed by atoms with Crippen molar-refractivity contribution in [1.29, 1.82) is 0 Å². The lowest BCUT2D eigenvalue weighted by Gasteiger charge is -2.16. The van der Waals surface area contributed by atoms with Crippen LogP contribution in [0.5, 0.6) is 5.75 Å². The SMILES string of the molecule is COc1ccccc1-c1nc(SCC(=O)N2CCCC2)c2c(=O)n(C)c(=O)n(C)c2n1. The molecule has 1 aliphatic heterocycles. The summed E-state index contributed by atoms with van der Waals surface area (Å²) < 4.78 is 7.78. The van der Waals surface area contributed by atoms with Crippen molar-refractivity contribution in [3.63, 3.8) is 0 Å². The van der Waals surface area contributed by atoms with E-state index in [2.05, 4.69) is 9.97 Å². The number of fused-ring (bicyclic) bond motifs is 1. The van der Waals surface area contributed by atoms with Crippen LogP contribution < -0.4 is 16.0 Å². The maximum absolute atomic E-state index is 12.9. The van der Waals surface area contributed by atoms with Crippen molar-refractivity contribution in [1.82, 2.24) is 24.0 Å². The Bertz CT molecular complexity index is 1280. The molecule has 0 atom stereocenters. The molecule has 0 bridgehead atoms. The number of nitrogens with zero attached hydrogens (tertiary/aromatic N) is 5. The number of methoxy groups -OCH3 is 1. The van der Waals surface area contributed by atoms with Crippen LogP contribution in [0.15, 0.2) is 38.9 Å². The summed E-state index contributed by atoms with van der Waals surface area (Å²) in [4.78, 5) is 49.0. The highest BCUT2D eigenvalue weighted by atomic mass is 32.2. The van der Waals surface area contributed by atoms with E-state index in [1.54, 1.807) is 20.2 Å². The Morgan fingerprint density at radius 2 is 1.81 bits per heavy atom. The average Bonchev–Trinajstić information content (AvgIpc) is 3.34. The number of carbonyl (C=O) groups excluding carboxylic acids is 1. The molecule has 1 saturated heterocycles. The van der Waals surface area contributed by atoms with Gasteiger partial charge in [0.1, 0.15) is 16.2 Å². The Labute approximate surface area is 182 Å². The predicted molar refractivity (Wildman–Crippen MR) is 119 cm³/mol. The van der Waals surface area contributed by atoms with Crippen molar-refractivity contribution in [2.75, 3.05) is 26.0 Å². The molecule has 3 aromatic rings. The Hall–Kier alpha value is -3.14. The van der Waals surface area contributed by atoms with Gasteiger partial charge in [-0.2, -0.15) is 0 Å². The lowest BCUT2D eigenvalue weighted by molar-refractivity contribution is -0.127. The highest BCUT2D eigenvalue weighted by Crippen LogP contribution is 2.31. The largest absolute Gasteiger partial charge is 0.496 e. The second-order valence-corrected chi connectivity index (χ2v) is 8.30. The normalized spacial score (nSPS) is 13.7. The van der Waals surface area contributed by atoms with Crippen LogP contribution >= 0.6 is 11.8 Å². The summed E-state index contributed by atoms with van der Waals surface area (Å²) in [7, 11) is 4.53. The third-order valence-electron chi connectivity index (χ3n) is 5.41. The van der Waals surface area contributed by atoms with Gasteiger partial charge in [0.2, 0.25) is 5.91 Å². The molecule has 1 amide bonds. The monoisotopic (exact) mass is 441 g/mol. The fraction of sp³-hybridized carbons (Fsp3) is 0.381. The highest BCUT2D eigenvalue weighted by molar-refractivity contribution is 8.00. The molecule has 1 aliphatic rings. The molecule has 0 radical (unpaired) electrons. The van der Waals surface area contributed by atoms with Crippen molar-refractivity contribution >= 4 is 28.7 Å². The molecule has 0 N–H and O–H groups in total. The first-order valence-electron chi connectivity index (χ1n) is 9.94. The summed E-state index contributed by atoms with van der Waals surface area (Å²) in [5.41, 5.74) is -0.111. The van der Waals surface area contributed by atoms with E-state index >= 15 is 0 Å². The quantitative estimate of drug-likeness (QED) is 0.436. The number of amides is 1. The first-order valence-corrected chi connectivity index (χ1v) is 10.9. The maximum Gasteiger partial charge on any atom is 0.332 e. The van der Waals surface area contributed by atoms with Gasteiger partial charge < -0.3 is 9.64 Å². The first-order chi connectivity index (χ1) is 14.9. The van der Waals surface area contributed by atoms with Crippen LogP contribution in [-0.4, -0.2) is 55.9 Å². The zero-order chi connectivity index (χ0) is 22.1. The molecule has 2 aromatic heterocycles. The number of hydrogen-bond donors (Lipinski definition) is 0. The van der Waals surface area contributed by atoms with E-state index < -0.39 is 11.2 Å². The van der Waals surface area contributed by atoms with Gasteiger partial charge >= 0.3 is 5.69 Å². The number of aryl methyl sites for hydroxylation is 1. The lowest BCUT2D eigenvalue weighted by atomic mass is 10.2.